The van der Waals surface area contributed by atoms with Crippen LogP contribution in [0, 0.1) is 11.3 Å². The number of ketones is 1. The maximum Gasteiger partial charge on any atom is 0.204 e. The van der Waals surface area contributed by atoms with E-state index in [1.54, 1.807) is 6.07 Å². The topological polar surface area (TPSA) is 56.1 Å². The van der Waals surface area contributed by atoms with E-state index in [1.165, 1.54) is 6.92 Å². The molecule has 98 valence electrons. The Morgan fingerprint density at radius 1 is 1.47 bits per heavy atom. The van der Waals surface area contributed by atoms with Gasteiger partial charge in [-0.1, -0.05) is 20.4 Å². The van der Waals surface area contributed by atoms with E-state index in [4.69, 9.17) is 5.26 Å². The van der Waals surface area contributed by atoms with Crippen LogP contribution in [0.5, 0.6) is 0 Å². The Hall–Kier alpha value is -1.25. The first-order valence-corrected chi connectivity index (χ1v) is 5.73. The van der Waals surface area contributed by atoms with E-state index in [2.05, 4.69) is 11.9 Å². The lowest BCUT2D eigenvalue weighted by Gasteiger charge is -2.25. The van der Waals surface area contributed by atoms with Gasteiger partial charge in [-0.15, -0.1) is 0 Å². The maximum atomic E-state index is 12.3. The molecule has 1 fully saturated rings. The van der Waals surface area contributed by atoms with Crippen LogP contribution < -0.4 is 5.32 Å². The fraction of sp³-hybridized carbons (Fsp3) is 0.667. The van der Waals surface area contributed by atoms with Crippen molar-refractivity contribution < 1.29 is 9.18 Å². The van der Waals surface area contributed by atoms with Crippen molar-refractivity contribution in [1.29, 1.82) is 5.26 Å². The first kappa shape index (κ1) is 18.1. The van der Waals surface area contributed by atoms with Crippen LogP contribution in [0.3, 0.4) is 0 Å². The Bertz CT molecular complexity index is 255. The fourth-order valence-corrected chi connectivity index (χ4v) is 1.16. The lowest BCUT2D eigenvalue weighted by Crippen LogP contribution is -2.45. The minimum Gasteiger partial charge on any atom is -0.314 e. The lowest BCUT2D eigenvalue weighted by atomic mass is 10.3. The van der Waals surface area contributed by atoms with Crippen molar-refractivity contribution in [2.24, 2.45) is 0 Å². The summed E-state index contributed by atoms with van der Waals surface area (Å²) in [5.74, 6) is -1.34. The summed E-state index contributed by atoms with van der Waals surface area (Å²) in [4.78, 5) is 12.8. The Labute approximate surface area is 103 Å². The summed E-state index contributed by atoms with van der Waals surface area (Å²) in [6, 6.07) is 1.75. The number of rotatable bonds is 3. The molecule has 1 N–H and O–H groups in total. The number of Topliss-reactive ketones (excluding diaryl/α,β-unsaturated/α-hetero) is 1. The number of carbonyl (C=O) groups excluding carboxylic acids is 1. The summed E-state index contributed by atoms with van der Waals surface area (Å²) in [7, 11) is 0. The van der Waals surface area contributed by atoms with Gasteiger partial charge in [-0.25, -0.2) is 4.39 Å². The highest BCUT2D eigenvalue weighted by Crippen LogP contribution is 1.98. The van der Waals surface area contributed by atoms with Crippen molar-refractivity contribution in [3.8, 4) is 6.07 Å². The molecule has 0 radical (unpaired) electrons. The molecule has 17 heavy (non-hydrogen) atoms. The minimum atomic E-state index is -0.839. The van der Waals surface area contributed by atoms with Crippen molar-refractivity contribution in [1.82, 2.24) is 10.2 Å². The number of hydrogen-bond donors (Lipinski definition) is 1. The van der Waals surface area contributed by atoms with E-state index in [0.717, 1.165) is 26.2 Å². The van der Waals surface area contributed by atoms with Gasteiger partial charge >= 0.3 is 0 Å². The Balaban J connectivity index is 0. The molecular formula is C12H22FN3O. The monoisotopic (exact) mass is 243 g/mol. The third-order valence-corrected chi connectivity index (χ3v) is 1.88. The van der Waals surface area contributed by atoms with E-state index in [0.29, 0.717) is 0 Å². The summed E-state index contributed by atoms with van der Waals surface area (Å²) in [5, 5.41) is 10.5. The molecule has 4 nitrogen and oxygen atoms in total. The number of hydrogen-bond acceptors (Lipinski definition) is 4. The zero-order valence-electron chi connectivity index (χ0n) is 10.9. The average Bonchev–Trinajstić information content (AvgIpc) is 2.34. The van der Waals surface area contributed by atoms with E-state index in [1.807, 2.05) is 18.7 Å². The van der Waals surface area contributed by atoms with Crippen LogP contribution in [-0.2, 0) is 4.79 Å². The lowest BCUT2D eigenvalue weighted by molar-refractivity contribution is -0.118. The van der Waals surface area contributed by atoms with Crippen LogP contribution in [0.15, 0.2) is 12.4 Å². The largest absolute Gasteiger partial charge is 0.314 e. The first-order chi connectivity index (χ1) is 8.11. The number of nitrogens with one attached hydrogen (secondary N) is 1. The van der Waals surface area contributed by atoms with Crippen molar-refractivity contribution in [2.45, 2.75) is 20.8 Å². The van der Waals surface area contributed by atoms with Gasteiger partial charge in [0.1, 0.15) is 0 Å². The van der Waals surface area contributed by atoms with E-state index >= 15 is 0 Å². The first-order valence-electron chi connectivity index (χ1n) is 5.73. The highest BCUT2D eigenvalue weighted by molar-refractivity contribution is 5.94. The third kappa shape index (κ3) is 11.0. The molecule has 0 aromatic heterocycles. The molecule has 0 unspecified atom stereocenters. The van der Waals surface area contributed by atoms with Crippen LogP contribution in [-0.4, -0.2) is 43.4 Å². The van der Waals surface area contributed by atoms with Crippen molar-refractivity contribution in [3.05, 3.63) is 12.4 Å². The van der Waals surface area contributed by atoms with Crippen molar-refractivity contribution >= 4 is 5.78 Å². The summed E-state index contributed by atoms with van der Waals surface area (Å²) in [5.41, 5.74) is 0. The third-order valence-electron chi connectivity index (χ3n) is 1.88. The molecule has 1 saturated heterocycles. The molecular weight excluding hydrogens is 221 g/mol. The summed E-state index contributed by atoms with van der Waals surface area (Å²) >= 11 is 0. The van der Waals surface area contributed by atoms with Crippen LogP contribution >= 0.6 is 0 Å². The molecule has 0 spiro atoms. The molecule has 0 aliphatic carbocycles. The van der Waals surface area contributed by atoms with E-state index in [-0.39, 0.29) is 6.54 Å². The second-order valence-electron chi connectivity index (χ2n) is 3.08. The van der Waals surface area contributed by atoms with Crippen LogP contribution in [0.4, 0.5) is 4.39 Å². The summed E-state index contributed by atoms with van der Waals surface area (Å²) in [6.07, 6.45) is 0. The zero-order chi connectivity index (χ0) is 13.7. The van der Waals surface area contributed by atoms with Gasteiger partial charge in [0.05, 0.1) is 12.6 Å². The molecule has 0 bridgehead atoms. The van der Waals surface area contributed by atoms with Crippen LogP contribution in [0.25, 0.3) is 0 Å². The number of halogens is 1. The summed E-state index contributed by atoms with van der Waals surface area (Å²) < 4.78 is 12.3. The van der Waals surface area contributed by atoms with Crippen molar-refractivity contribution in [3.63, 3.8) is 0 Å². The molecule has 0 aromatic carbocycles. The second-order valence-corrected chi connectivity index (χ2v) is 3.08. The predicted molar refractivity (Wildman–Crippen MR) is 67.2 cm³/mol. The fourth-order valence-electron chi connectivity index (χ4n) is 1.16. The Kier molecular flexibility index (Phi) is 13.7. The molecule has 0 amide bonds. The van der Waals surface area contributed by atoms with Gasteiger partial charge in [0.25, 0.3) is 0 Å². The van der Waals surface area contributed by atoms with E-state index in [9.17, 15) is 9.18 Å². The van der Waals surface area contributed by atoms with Gasteiger partial charge in [0.2, 0.25) is 5.78 Å². The molecule has 0 aromatic rings. The number of carbonyl (C=O) groups is 1. The number of nitriles is 1. The molecule has 1 rings (SSSR count). The van der Waals surface area contributed by atoms with Crippen LogP contribution in [0.2, 0.25) is 0 Å². The normalized spacial score (nSPS) is 14.3. The highest BCUT2D eigenvalue weighted by atomic mass is 19.1. The molecule has 0 saturated carbocycles. The second kappa shape index (κ2) is 12.8. The van der Waals surface area contributed by atoms with Gasteiger partial charge in [-0.3, -0.25) is 9.69 Å². The quantitative estimate of drug-likeness (QED) is 0.763. The standard InChI is InChI=1S/C8H13FN2O.C2H3N.C2H6/c1-7(9)8(12)6-11-4-2-10-3-5-11;1-2-3;1-2/h10H,1-6H2;1H3;1-2H3. The summed E-state index contributed by atoms with van der Waals surface area (Å²) in [6.45, 7) is 11.9. The molecule has 5 heteroatoms. The number of nitrogens with zero attached hydrogens (tertiary/aromatic N) is 2. The van der Waals surface area contributed by atoms with Gasteiger partial charge in [0, 0.05) is 33.1 Å². The van der Waals surface area contributed by atoms with Gasteiger partial charge in [-0.05, 0) is 0 Å². The van der Waals surface area contributed by atoms with Crippen LogP contribution in [0.1, 0.15) is 20.8 Å². The van der Waals surface area contributed by atoms with E-state index < -0.39 is 11.6 Å². The predicted octanol–water partition coefficient (Wildman–Crippen LogP) is 1.50. The highest BCUT2D eigenvalue weighted by Gasteiger charge is 2.14. The molecule has 1 aliphatic rings. The number of piperazine rings is 1. The molecule has 1 aliphatic heterocycles. The smallest absolute Gasteiger partial charge is 0.204 e. The average molecular weight is 243 g/mol. The maximum absolute atomic E-state index is 12.3. The Morgan fingerprint density at radius 2 is 1.88 bits per heavy atom. The molecule has 1 heterocycles. The minimum absolute atomic E-state index is 0.164. The molecule has 0 atom stereocenters. The Morgan fingerprint density at radius 3 is 2.24 bits per heavy atom. The SMILES string of the molecule is C=C(F)C(=O)CN1CCNCC1.CC.CC#N. The zero-order valence-corrected chi connectivity index (χ0v) is 10.9. The van der Waals surface area contributed by atoms with Gasteiger partial charge in [0.15, 0.2) is 5.83 Å². The van der Waals surface area contributed by atoms with Gasteiger partial charge in [-0.2, -0.15) is 5.26 Å². The van der Waals surface area contributed by atoms with Crippen molar-refractivity contribution in [2.75, 3.05) is 32.7 Å². The van der Waals surface area contributed by atoms with Gasteiger partial charge < -0.3 is 5.32 Å².